The van der Waals surface area contributed by atoms with Gasteiger partial charge in [0.2, 0.25) is 0 Å². The van der Waals surface area contributed by atoms with E-state index in [0.717, 1.165) is 6.04 Å². The monoisotopic (exact) mass is 338 g/mol. The summed E-state index contributed by atoms with van der Waals surface area (Å²) in [6.45, 7) is 14.1. The Morgan fingerprint density at radius 2 is 1.46 bits per heavy atom. The first-order valence-electron chi connectivity index (χ1n) is 10.7. The molecule has 144 valence electrons. The average Bonchev–Trinajstić information content (AvgIpc) is 2.58. The van der Waals surface area contributed by atoms with E-state index in [1.54, 1.807) is 0 Å². The van der Waals surface area contributed by atoms with E-state index in [1.807, 2.05) is 0 Å². The Morgan fingerprint density at radius 3 is 2.08 bits per heavy atom. The van der Waals surface area contributed by atoms with Crippen molar-refractivity contribution in [3.63, 3.8) is 0 Å². The van der Waals surface area contributed by atoms with Gasteiger partial charge in [0, 0.05) is 6.04 Å². The van der Waals surface area contributed by atoms with Gasteiger partial charge >= 0.3 is 0 Å². The summed E-state index contributed by atoms with van der Waals surface area (Å²) >= 11 is 0. The molecule has 0 heterocycles. The fourth-order valence-corrected chi connectivity index (χ4v) is 3.34. The van der Waals surface area contributed by atoms with Gasteiger partial charge in [-0.25, -0.2) is 0 Å². The number of rotatable bonds is 17. The molecule has 0 rings (SSSR count). The van der Waals surface area contributed by atoms with Crippen LogP contribution in [0.2, 0.25) is 0 Å². The first-order chi connectivity index (χ1) is 11.7. The predicted octanol–water partition coefficient (Wildman–Crippen LogP) is 6.13. The van der Waals surface area contributed by atoms with E-state index in [1.165, 1.54) is 90.4 Å². The molecule has 0 aliphatic carbocycles. The molecule has 0 spiro atoms. The molecule has 2 nitrogen and oxygen atoms in total. The quantitative estimate of drug-likeness (QED) is 0.233. The van der Waals surface area contributed by atoms with Crippen molar-refractivity contribution in [1.29, 1.82) is 0 Å². The van der Waals surface area contributed by atoms with Crippen LogP contribution in [0.5, 0.6) is 0 Å². The molecule has 0 aromatic heterocycles. The van der Waals surface area contributed by atoms with Gasteiger partial charge in [0.1, 0.15) is 0 Å². The Hall–Kier alpha value is -0.340. The smallest absolute Gasteiger partial charge is 0.00789 e. The molecule has 0 bridgehead atoms. The third-order valence-electron chi connectivity index (χ3n) is 5.03. The van der Waals surface area contributed by atoms with Crippen molar-refractivity contribution in [2.45, 2.75) is 97.9 Å². The van der Waals surface area contributed by atoms with Gasteiger partial charge in [-0.05, 0) is 78.7 Å². The number of nitrogens with zero attached hydrogens (tertiary/aromatic N) is 2. The Balaban J connectivity index is 3.61. The highest BCUT2D eigenvalue weighted by atomic mass is 15.2. The summed E-state index contributed by atoms with van der Waals surface area (Å²) in [5, 5.41) is 0. The molecule has 0 saturated carbocycles. The molecular formula is C22H46N2. The van der Waals surface area contributed by atoms with E-state index in [-0.39, 0.29) is 0 Å². The topological polar surface area (TPSA) is 6.48 Å². The first-order valence-corrected chi connectivity index (χ1v) is 10.7. The third-order valence-corrected chi connectivity index (χ3v) is 5.03. The van der Waals surface area contributed by atoms with Crippen LogP contribution < -0.4 is 0 Å². The van der Waals surface area contributed by atoms with Crippen molar-refractivity contribution < 1.29 is 0 Å². The Morgan fingerprint density at radius 1 is 0.792 bits per heavy atom. The summed E-state index contributed by atoms with van der Waals surface area (Å²) in [7, 11) is 2.25. The van der Waals surface area contributed by atoms with Crippen LogP contribution in [0.1, 0.15) is 91.9 Å². The lowest BCUT2D eigenvalue weighted by Gasteiger charge is -2.29. The minimum absolute atomic E-state index is 0.722. The SMILES string of the molecule is CC/C=C\CCCCCCCCN(CC)C(C)CCN(C)CCC. The lowest BCUT2D eigenvalue weighted by molar-refractivity contribution is 0.187. The van der Waals surface area contributed by atoms with Crippen molar-refractivity contribution in [2.75, 3.05) is 33.2 Å². The Kier molecular flexibility index (Phi) is 17.2. The second-order valence-corrected chi connectivity index (χ2v) is 7.36. The van der Waals surface area contributed by atoms with Crippen LogP contribution in [0, 0.1) is 0 Å². The second-order valence-electron chi connectivity index (χ2n) is 7.36. The molecule has 1 atom stereocenters. The number of allylic oxidation sites excluding steroid dienone is 2. The van der Waals surface area contributed by atoms with E-state index in [2.05, 4.69) is 56.7 Å². The van der Waals surface area contributed by atoms with Crippen molar-refractivity contribution in [3.8, 4) is 0 Å². The van der Waals surface area contributed by atoms with Gasteiger partial charge in [0.25, 0.3) is 0 Å². The maximum atomic E-state index is 2.68. The van der Waals surface area contributed by atoms with E-state index in [0.29, 0.717) is 0 Å². The molecule has 0 fully saturated rings. The van der Waals surface area contributed by atoms with Gasteiger partial charge < -0.3 is 9.80 Å². The lowest BCUT2D eigenvalue weighted by atomic mass is 10.1. The molecule has 0 radical (unpaired) electrons. The molecule has 0 saturated heterocycles. The minimum atomic E-state index is 0.722. The largest absolute Gasteiger partial charge is 0.306 e. The van der Waals surface area contributed by atoms with E-state index in [4.69, 9.17) is 0 Å². The molecule has 0 aromatic carbocycles. The fourth-order valence-electron chi connectivity index (χ4n) is 3.34. The molecule has 24 heavy (non-hydrogen) atoms. The van der Waals surface area contributed by atoms with Crippen LogP contribution in [0.4, 0.5) is 0 Å². The van der Waals surface area contributed by atoms with Crippen LogP contribution in [0.25, 0.3) is 0 Å². The second kappa shape index (κ2) is 17.5. The molecule has 2 heteroatoms. The van der Waals surface area contributed by atoms with Gasteiger partial charge in [0.15, 0.2) is 0 Å². The maximum Gasteiger partial charge on any atom is 0.00789 e. The summed E-state index contributed by atoms with van der Waals surface area (Å²) in [5.41, 5.74) is 0. The van der Waals surface area contributed by atoms with Gasteiger partial charge in [-0.1, -0.05) is 58.6 Å². The number of hydrogen-bond acceptors (Lipinski definition) is 2. The zero-order valence-electron chi connectivity index (χ0n) is 17.5. The molecule has 1 unspecified atom stereocenters. The summed E-state index contributed by atoms with van der Waals surface area (Å²) in [6.07, 6.45) is 18.1. The molecular weight excluding hydrogens is 292 g/mol. The van der Waals surface area contributed by atoms with Gasteiger partial charge in [-0.15, -0.1) is 0 Å². The first kappa shape index (κ1) is 23.7. The molecule has 0 aliphatic rings. The van der Waals surface area contributed by atoms with Crippen molar-refractivity contribution in [1.82, 2.24) is 9.80 Å². The van der Waals surface area contributed by atoms with Gasteiger partial charge in [-0.3, -0.25) is 0 Å². The van der Waals surface area contributed by atoms with Crippen molar-refractivity contribution >= 4 is 0 Å². The minimum Gasteiger partial charge on any atom is -0.306 e. The van der Waals surface area contributed by atoms with E-state index >= 15 is 0 Å². The highest BCUT2D eigenvalue weighted by Gasteiger charge is 2.12. The molecule has 0 N–H and O–H groups in total. The van der Waals surface area contributed by atoms with Crippen LogP contribution in [0.3, 0.4) is 0 Å². The van der Waals surface area contributed by atoms with Crippen LogP contribution in [0.15, 0.2) is 12.2 Å². The number of unbranched alkanes of at least 4 members (excludes halogenated alkanes) is 6. The summed E-state index contributed by atoms with van der Waals surface area (Å²) in [4.78, 5) is 5.15. The van der Waals surface area contributed by atoms with Gasteiger partial charge in [-0.2, -0.15) is 0 Å². The molecule has 0 aromatic rings. The van der Waals surface area contributed by atoms with Crippen molar-refractivity contribution in [2.24, 2.45) is 0 Å². The van der Waals surface area contributed by atoms with E-state index < -0.39 is 0 Å². The molecule has 0 aliphatic heterocycles. The summed E-state index contributed by atoms with van der Waals surface area (Å²) in [5.74, 6) is 0. The fraction of sp³-hybridized carbons (Fsp3) is 0.909. The number of hydrogen-bond donors (Lipinski definition) is 0. The van der Waals surface area contributed by atoms with Crippen LogP contribution in [-0.2, 0) is 0 Å². The zero-order valence-corrected chi connectivity index (χ0v) is 17.5. The third kappa shape index (κ3) is 14.0. The van der Waals surface area contributed by atoms with E-state index in [9.17, 15) is 0 Å². The summed E-state index contributed by atoms with van der Waals surface area (Å²) in [6, 6.07) is 0.722. The highest BCUT2D eigenvalue weighted by molar-refractivity contribution is 4.79. The van der Waals surface area contributed by atoms with Gasteiger partial charge in [0.05, 0.1) is 0 Å². The molecule has 0 amide bonds. The summed E-state index contributed by atoms with van der Waals surface area (Å²) < 4.78 is 0. The normalized spacial score (nSPS) is 13.5. The van der Waals surface area contributed by atoms with Crippen LogP contribution >= 0.6 is 0 Å². The Labute approximate surface area is 153 Å². The lowest BCUT2D eigenvalue weighted by Crippen LogP contribution is -2.36. The maximum absolute atomic E-state index is 2.68. The zero-order chi connectivity index (χ0) is 18.0. The standard InChI is InChI=1S/C22H46N2/c1-6-9-10-11-12-13-14-15-16-17-20-24(8-3)22(4)18-21-23(5)19-7-2/h9-10,22H,6-8,11-21H2,1-5H3/b10-9-. The van der Waals surface area contributed by atoms with Crippen molar-refractivity contribution in [3.05, 3.63) is 12.2 Å². The highest BCUT2D eigenvalue weighted by Crippen LogP contribution is 2.11. The average molecular weight is 339 g/mol. The Bertz CT molecular complexity index is 275. The predicted molar refractivity (Wildman–Crippen MR) is 111 cm³/mol. The van der Waals surface area contributed by atoms with Crippen LogP contribution in [-0.4, -0.2) is 49.1 Å².